The van der Waals surface area contributed by atoms with Crippen LogP contribution in [0.3, 0.4) is 0 Å². The highest BCUT2D eigenvalue weighted by atomic mass is 32.2. The van der Waals surface area contributed by atoms with Crippen LogP contribution >= 0.6 is 11.8 Å². The van der Waals surface area contributed by atoms with Gasteiger partial charge in [0.25, 0.3) is 11.6 Å². The summed E-state index contributed by atoms with van der Waals surface area (Å²) < 4.78 is 5.10. The van der Waals surface area contributed by atoms with Gasteiger partial charge in [0.1, 0.15) is 6.04 Å². The van der Waals surface area contributed by atoms with E-state index < -0.39 is 29.4 Å². The van der Waals surface area contributed by atoms with Crippen LogP contribution in [0.2, 0.25) is 0 Å². The second-order valence-corrected chi connectivity index (χ2v) is 8.18. The Kier molecular flexibility index (Phi) is 5.09. The normalized spacial score (nSPS) is 23.9. The average Bonchev–Trinajstić information content (AvgIpc) is 3.10. The fraction of sp³-hybridized carbons (Fsp3) is 0.471. The number of ether oxygens (including phenoxy) is 1. The maximum Gasteiger partial charge on any atom is 0.330 e. The molecular formula is C17H19N3O6S. The highest BCUT2D eigenvalue weighted by Crippen LogP contribution is 2.47. The van der Waals surface area contributed by atoms with E-state index in [9.17, 15) is 24.5 Å². The number of hydrogen-bond acceptors (Lipinski definition) is 7. The number of aryl methyl sites for hydroxylation is 1. The molecule has 2 saturated heterocycles. The first kappa shape index (κ1) is 19.2. The summed E-state index contributed by atoms with van der Waals surface area (Å²) in [6, 6.07) is 3.38. The van der Waals surface area contributed by atoms with Crippen LogP contribution in [0.4, 0.5) is 11.4 Å². The molecule has 2 fully saturated rings. The smallest absolute Gasteiger partial charge is 0.330 e. The van der Waals surface area contributed by atoms with E-state index in [1.54, 1.807) is 23.6 Å². The number of nitro benzene ring substituents is 1. The summed E-state index contributed by atoms with van der Waals surface area (Å²) in [5.41, 5.74) is 0.851. The number of nitro groups is 1. The molecule has 2 atom stereocenters. The number of hydrogen-bond donors (Lipinski definition) is 1. The largest absolute Gasteiger partial charge is 0.454 e. The van der Waals surface area contributed by atoms with Crippen LogP contribution < -0.4 is 5.32 Å². The number of non-ortho nitro benzene ring substituents is 1. The number of esters is 1. The Morgan fingerprint density at radius 1 is 1.48 bits per heavy atom. The number of fused-ring (bicyclic) bond motifs is 1. The molecule has 0 aromatic heterocycles. The first-order chi connectivity index (χ1) is 12.7. The molecule has 0 unspecified atom stereocenters. The van der Waals surface area contributed by atoms with Crippen LogP contribution in [-0.2, 0) is 19.1 Å². The number of nitrogens with zero attached hydrogens (tertiary/aromatic N) is 2. The Balaban J connectivity index is 1.56. The fourth-order valence-corrected chi connectivity index (χ4v) is 4.73. The van der Waals surface area contributed by atoms with Crippen molar-refractivity contribution >= 4 is 40.9 Å². The standard InChI is InChI=1S/C17H19N3O6S/c1-10-7-11(20(24)25)3-4-12(10)18-14(21)8-26-16(23)13-9-27-17(2)6-5-15(22)19(13)17/h3-4,7,13H,5-6,8-9H2,1-2H3,(H,18,21)/t13-,17+/m1/s1. The maximum absolute atomic E-state index is 12.3. The van der Waals surface area contributed by atoms with Crippen molar-refractivity contribution in [2.45, 2.75) is 37.6 Å². The van der Waals surface area contributed by atoms with Gasteiger partial charge in [-0.2, -0.15) is 0 Å². The van der Waals surface area contributed by atoms with Gasteiger partial charge in [-0.25, -0.2) is 4.79 Å². The highest BCUT2D eigenvalue weighted by molar-refractivity contribution is 8.01. The van der Waals surface area contributed by atoms with E-state index in [1.165, 1.54) is 18.2 Å². The Bertz CT molecular complexity index is 829. The molecule has 9 nitrogen and oxygen atoms in total. The van der Waals surface area contributed by atoms with Gasteiger partial charge in [-0.15, -0.1) is 11.8 Å². The zero-order valence-corrected chi connectivity index (χ0v) is 15.7. The number of anilines is 1. The molecular weight excluding hydrogens is 374 g/mol. The minimum absolute atomic E-state index is 0.0737. The molecule has 0 saturated carbocycles. The number of benzene rings is 1. The van der Waals surface area contributed by atoms with Gasteiger partial charge in [0.2, 0.25) is 5.91 Å². The Hall–Kier alpha value is -2.62. The van der Waals surface area contributed by atoms with Gasteiger partial charge in [-0.05, 0) is 31.9 Å². The van der Waals surface area contributed by atoms with Gasteiger partial charge in [0.15, 0.2) is 6.61 Å². The summed E-state index contributed by atoms with van der Waals surface area (Å²) in [5, 5.41) is 13.3. The van der Waals surface area contributed by atoms with Crippen LogP contribution in [-0.4, -0.2) is 50.9 Å². The maximum atomic E-state index is 12.3. The van der Waals surface area contributed by atoms with E-state index in [2.05, 4.69) is 5.32 Å². The lowest BCUT2D eigenvalue weighted by molar-refractivity contribution is -0.384. The number of carbonyl (C=O) groups excluding carboxylic acids is 3. The molecule has 1 aromatic carbocycles. The first-order valence-electron chi connectivity index (χ1n) is 8.39. The number of amides is 2. The van der Waals surface area contributed by atoms with Gasteiger partial charge in [-0.1, -0.05) is 0 Å². The molecule has 0 radical (unpaired) electrons. The minimum atomic E-state index is -0.677. The molecule has 2 amide bonds. The topological polar surface area (TPSA) is 119 Å². The van der Waals surface area contributed by atoms with Crippen LogP contribution in [0.1, 0.15) is 25.3 Å². The van der Waals surface area contributed by atoms with Crippen molar-refractivity contribution in [1.29, 1.82) is 0 Å². The van der Waals surface area contributed by atoms with Gasteiger partial charge in [-0.3, -0.25) is 19.7 Å². The van der Waals surface area contributed by atoms with Gasteiger partial charge < -0.3 is 15.0 Å². The van der Waals surface area contributed by atoms with E-state index >= 15 is 0 Å². The Morgan fingerprint density at radius 2 is 2.22 bits per heavy atom. The quantitative estimate of drug-likeness (QED) is 0.460. The van der Waals surface area contributed by atoms with Crippen molar-refractivity contribution in [3.63, 3.8) is 0 Å². The SMILES string of the molecule is Cc1cc([N+](=O)[O-])ccc1NC(=O)COC(=O)[C@H]1CS[C@@]2(C)CCC(=O)N12. The molecule has 2 aliphatic rings. The summed E-state index contributed by atoms with van der Waals surface area (Å²) in [7, 11) is 0. The molecule has 27 heavy (non-hydrogen) atoms. The summed E-state index contributed by atoms with van der Waals surface area (Å²) in [6.07, 6.45) is 1.10. The summed E-state index contributed by atoms with van der Waals surface area (Å²) in [5.74, 6) is -0.779. The van der Waals surface area contributed by atoms with E-state index in [-0.39, 0.29) is 16.5 Å². The van der Waals surface area contributed by atoms with E-state index in [4.69, 9.17) is 4.74 Å². The third-order valence-corrected chi connectivity index (χ3v) is 6.26. The lowest BCUT2D eigenvalue weighted by atomic mass is 10.2. The van der Waals surface area contributed by atoms with Crippen molar-refractivity contribution in [3.05, 3.63) is 33.9 Å². The zero-order chi connectivity index (χ0) is 19.8. The molecule has 0 bridgehead atoms. The summed E-state index contributed by atoms with van der Waals surface area (Å²) in [6.45, 7) is 3.07. The second-order valence-electron chi connectivity index (χ2n) is 6.68. The highest BCUT2D eigenvalue weighted by Gasteiger charge is 2.53. The lowest BCUT2D eigenvalue weighted by Gasteiger charge is -2.29. The molecule has 2 heterocycles. The van der Waals surface area contributed by atoms with Crippen LogP contribution in [0, 0.1) is 17.0 Å². The lowest BCUT2D eigenvalue weighted by Crippen LogP contribution is -2.47. The average molecular weight is 393 g/mol. The number of carbonyl (C=O) groups is 3. The van der Waals surface area contributed by atoms with Crippen molar-refractivity contribution in [2.75, 3.05) is 17.7 Å². The van der Waals surface area contributed by atoms with Crippen LogP contribution in [0.25, 0.3) is 0 Å². The van der Waals surface area contributed by atoms with Gasteiger partial charge >= 0.3 is 5.97 Å². The molecule has 0 aliphatic carbocycles. The van der Waals surface area contributed by atoms with Crippen LogP contribution in [0.15, 0.2) is 18.2 Å². The van der Waals surface area contributed by atoms with Crippen molar-refractivity contribution in [2.24, 2.45) is 0 Å². The molecule has 0 spiro atoms. The fourth-order valence-electron chi connectivity index (χ4n) is 3.32. The third-order valence-electron chi connectivity index (χ3n) is 4.76. The number of nitrogens with one attached hydrogen (secondary N) is 1. The molecule has 2 aliphatic heterocycles. The van der Waals surface area contributed by atoms with Crippen molar-refractivity contribution in [3.8, 4) is 0 Å². The Labute approximate surface area is 159 Å². The van der Waals surface area contributed by atoms with Crippen molar-refractivity contribution < 1.29 is 24.0 Å². The Morgan fingerprint density at radius 3 is 2.89 bits per heavy atom. The second kappa shape index (κ2) is 7.18. The molecule has 1 aromatic rings. The molecule has 1 N–H and O–H groups in total. The number of rotatable bonds is 5. The van der Waals surface area contributed by atoms with E-state index in [0.717, 1.165) is 0 Å². The van der Waals surface area contributed by atoms with E-state index in [0.29, 0.717) is 29.8 Å². The molecule has 10 heteroatoms. The first-order valence-corrected chi connectivity index (χ1v) is 9.37. The number of thioether (sulfide) groups is 1. The molecule has 144 valence electrons. The summed E-state index contributed by atoms with van der Waals surface area (Å²) >= 11 is 1.55. The van der Waals surface area contributed by atoms with Crippen LogP contribution in [0.5, 0.6) is 0 Å². The summed E-state index contributed by atoms with van der Waals surface area (Å²) in [4.78, 5) is 47.8. The minimum Gasteiger partial charge on any atom is -0.454 e. The predicted molar refractivity (Wildman–Crippen MR) is 98.2 cm³/mol. The van der Waals surface area contributed by atoms with Gasteiger partial charge in [0.05, 0.1) is 9.79 Å². The van der Waals surface area contributed by atoms with Gasteiger partial charge in [0, 0.05) is 30.0 Å². The van der Waals surface area contributed by atoms with Crippen molar-refractivity contribution in [1.82, 2.24) is 4.90 Å². The zero-order valence-electron chi connectivity index (χ0n) is 14.9. The predicted octanol–water partition coefficient (Wildman–Crippen LogP) is 1.84. The molecule has 3 rings (SSSR count). The van der Waals surface area contributed by atoms with E-state index in [1.807, 2.05) is 6.92 Å². The monoisotopic (exact) mass is 393 g/mol. The third kappa shape index (κ3) is 3.75.